The van der Waals surface area contributed by atoms with Crippen molar-refractivity contribution in [2.75, 3.05) is 25.6 Å². The average molecular weight is 405 g/mol. The van der Waals surface area contributed by atoms with Crippen molar-refractivity contribution in [2.45, 2.75) is 6.92 Å². The van der Waals surface area contributed by atoms with Gasteiger partial charge in [-0.1, -0.05) is 42.5 Å². The molecule has 0 aliphatic carbocycles. The van der Waals surface area contributed by atoms with E-state index >= 15 is 0 Å². The summed E-state index contributed by atoms with van der Waals surface area (Å²) >= 11 is 0. The molecule has 1 N–H and O–H groups in total. The van der Waals surface area contributed by atoms with Crippen molar-refractivity contribution >= 4 is 17.6 Å². The van der Waals surface area contributed by atoms with Gasteiger partial charge in [0, 0.05) is 19.2 Å². The number of hydrogen-bond donors (Lipinski definition) is 1. The fourth-order valence-corrected chi connectivity index (χ4v) is 2.89. The van der Waals surface area contributed by atoms with Gasteiger partial charge in [0.2, 0.25) is 0 Å². The molecule has 0 saturated carbocycles. The van der Waals surface area contributed by atoms with Crippen LogP contribution >= 0.6 is 0 Å². The largest absolute Gasteiger partial charge is 0.492 e. The SMILES string of the molecule is COC(=O)c1cc(NCCOc2ccc(-c3ccccc3)cc2)ccc1OC(C)=O. The monoisotopic (exact) mass is 405 g/mol. The molecule has 3 aromatic rings. The fraction of sp³-hybridized carbons (Fsp3) is 0.167. The van der Waals surface area contributed by atoms with E-state index in [1.165, 1.54) is 14.0 Å². The molecular weight excluding hydrogens is 382 g/mol. The van der Waals surface area contributed by atoms with Gasteiger partial charge in [-0.25, -0.2) is 4.79 Å². The second-order valence-electron chi connectivity index (χ2n) is 6.46. The van der Waals surface area contributed by atoms with Crippen molar-refractivity contribution in [3.63, 3.8) is 0 Å². The first-order valence-electron chi connectivity index (χ1n) is 9.50. The number of ether oxygens (including phenoxy) is 3. The van der Waals surface area contributed by atoms with Gasteiger partial charge < -0.3 is 19.5 Å². The van der Waals surface area contributed by atoms with E-state index in [0.717, 1.165) is 16.9 Å². The van der Waals surface area contributed by atoms with Crippen molar-refractivity contribution in [2.24, 2.45) is 0 Å². The van der Waals surface area contributed by atoms with E-state index in [-0.39, 0.29) is 11.3 Å². The van der Waals surface area contributed by atoms with Crippen LogP contribution < -0.4 is 14.8 Å². The Balaban J connectivity index is 1.55. The molecular formula is C24H23NO5. The predicted molar refractivity (Wildman–Crippen MR) is 115 cm³/mol. The van der Waals surface area contributed by atoms with Crippen LogP contribution in [-0.2, 0) is 9.53 Å². The van der Waals surface area contributed by atoms with Crippen LogP contribution in [0.4, 0.5) is 5.69 Å². The van der Waals surface area contributed by atoms with Crippen molar-refractivity contribution in [1.29, 1.82) is 0 Å². The normalized spacial score (nSPS) is 10.2. The standard InChI is InChI=1S/C24H23NO5/c1-17(26)30-23-13-10-20(16-22(23)24(27)28-2)25-14-15-29-21-11-8-19(9-12-21)18-6-4-3-5-7-18/h3-13,16,25H,14-15H2,1-2H3. The zero-order valence-electron chi connectivity index (χ0n) is 16.9. The van der Waals surface area contributed by atoms with Gasteiger partial charge in [0.05, 0.1) is 7.11 Å². The van der Waals surface area contributed by atoms with Gasteiger partial charge in [-0.15, -0.1) is 0 Å². The Labute approximate surface area is 175 Å². The zero-order valence-corrected chi connectivity index (χ0v) is 16.9. The quantitative estimate of drug-likeness (QED) is 0.337. The van der Waals surface area contributed by atoms with E-state index in [0.29, 0.717) is 18.8 Å². The molecule has 0 aliphatic heterocycles. The lowest BCUT2D eigenvalue weighted by Crippen LogP contribution is -2.13. The van der Waals surface area contributed by atoms with Crippen LogP contribution in [0.3, 0.4) is 0 Å². The number of hydrogen-bond acceptors (Lipinski definition) is 6. The van der Waals surface area contributed by atoms with E-state index in [9.17, 15) is 9.59 Å². The minimum Gasteiger partial charge on any atom is -0.492 e. The maximum Gasteiger partial charge on any atom is 0.341 e. The molecule has 0 bridgehead atoms. The summed E-state index contributed by atoms with van der Waals surface area (Å²) in [5.41, 5.74) is 3.15. The molecule has 3 aromatic carbocycles. The third-order valence-corrected chi connectivity index (χ3v) is 4.30. The number of anilines is 1. The summed E-state index contributed by atoms with van der Waals surface area (Å²) in [5, 5.41) is 3.18. The highest BCUT2D eigenvalue weighted by Crippen LogP contribution is 2.24. The van der Waals surface area contributed by atoms with Gasteiger partial charge in [-0.2, -0.15) is 0 Å². The summed E-state index contributed by atoms with van der Waals surface area (Å²) in [6.45, 7) is 2.23. The Morgan fingerprint density at radius 1 is 0.900 bits per heavy atom. The summed E-state index contributed by atoms with van der Waals surface area (Å²) in [4.78, 5) is 23.1. The summed E-state index contributed by atoms with van der Waals surface area (Å²) in [6.07, 6.45) is 0. The minimum absolute atomic E-state index is 0.162. The number of benzene rings is 3. The van der Waals surface area contributed by atoms with Crippen molar-refractivity contribution in [1.82, 2.24) is 0 Å². The molecule has 0 fully saturated rings. The molecule has 0 spiro atoms. The maximum absolute atomic E-state index is 11.9. The van der Waals surface area contributed by atoms with Gasteiger partial charge >= 0.3 is 11.9 Å². The second-order valence-corrected chi connectivity index (χ2v) is 6.46. The van der Waals surface area contributed by atoms with Crippen LogP contribution in [0.25, 0.3) is 11.1 Å². The van der Waals surface area contributed by atoms with E-state index in [1.54, 1.807) is 18.2 Å². The lowest BCUT2D eigenvalue weighted by molar-refractivity contribution is -0.131. The topological polar surface area (TPSA) is 73.9 Å². The molecule has 0 unspecified atom stereocenters. The Bertz CT molecular complexity index is 1000. The minimum atomic E-state index is -0.579. The first-order valence-corrected chi connectivity index (χ1v) is 9.50. The van der Waals surface area contributed by atoms with E-state index in [2.05, 4.69) is 17.4 Å². The highest BCUT2D eigenvalue weighted by molar-refractivity contribution is 5.94. The molecule has 0 saturated heterocycles. The van der Waals surface area contributed by atoms with Gasteiger partial charge in [-0.05, 0) is 41.5 Å². The lowest BCUT2D eigenvalue weighted by atomic mass is 10.1. The van der Waals surface area contributed by atoms with E-state index < -0.39 is 11.9 Å². The van der Waals surface area contributed by atoms with Crippen LogP contribution in [0, 0.1) is 0 Å². The molecule has 0 aromatic heterocycles. The molecule has 6 heteroatoms. The number of rotatable bonds is 8. The van der Waals surface area contributed by atoms with E-state index in [1.807, 2.05) is 42.5 Å². The Morgan fingerprint density at radius 2 is 1.60 bits per heavy atom. The van der Waals surface area contributed by atoms with Crippen LogP contribution in [0.5, 0.6) is 11.5 Å². The highest BCUT2D eigenvalue weighted by atomic mass is 16.5. The molecule has 0 aliphatic rings. The molecule has 0 amide bonds. The Kier molecular flexibility index (Phi) is 7.05. The number of methoxy groups -OCH3 is 1. The van der Waals surface area contributed by atoms with Crippen molar-refractivity contribution < 1.29 is 23.8 Å². The van der Waals surface area contributed by atoms with Gasteiger partial charge in [0.15, 0.2) is 0 Å². The molecule has 0 heterocycles. The van der Waals surface area contributed by atoms with Crippen molar-refractivity contribution in [3.05, 3.63) is 78.4 Å². The van der Waals surface area contributed by atoms with Gasteiger partial charge in [-0.3, -0.25) is 4.79 Å². The van der Waals surface area contributed by atoms with Crippen molar-refractivity contribution in [3.8, 4) is 22.6 Å². The molecule has 6 nitrogen and oxygen atoms in total. The smallest absolute Gasteiger partial charge is 0.341 e. The lowest BCUT2D eigenvalue weighted by Gasteiger charge is -2.12. The first kappa shape index (κ1) is 20.9. The summed E-state index contributed by atoms with van der Waals surface area (Å²) in [6, 6.07) is 22.9. The van der Waals surface area contributed by atoms with Crippen LogP contribution in [-0.4, -0.2) is 32.2 Å². The maximum atomic E-state index is 11.9. The molecule has 0 atom stereocenters. The second kappa shape index (κ2) is 10.1. The third-order valence-electron chi connectivity index (χ3n) is 4.30. The Morgan fingerprint density at radius 3 is 2.27 bits per heavy atom. The Hall–Kier alpha value is -3.80. The van der Waals surface area contributed by atoms with Gasteiger partial charge in [0.1, 0.15) is 23.7 Å². The number of carbonyl (C=O) groups is 2. The molecule has 0 radical (unpaired) electrons. The number of carbonyl (C=O) groups excluding carboxylic acids is 2. The van der Waals surface area contributed by atoms with Crippen LogP contribution in [0.1, 0.15) is 17.3 Å². The predicted octanol–water partition coefficient (Wildman–Crippen LogP) is 4.56. The van der Waals surface area contributed by atoms with Gasteiger partial charge in [0.25, 0.3) is 0 Å². The van der Waals surface area contributed by atoms with Crippen LogP contribution in [0.2, 0.25) is 0 Å². The third kappa shape index (κ3) is 5.61. The number of esters is 2. The highest BCUT2D eigenvalue weighted by Gasteiger charge is 2.15. The fourth-order valence-electron chi connectivity index (χ4n) is 2.89. The molecule has 3 rings (SSSR count). The molecule has 154 valence electrons. The average Bonchev–Trinajstić information content (AvgIpc) is 2.77. The molecule has 30 heavy (non-hydrogen) atoms. The first-order chi connectivity index (χ1) is 14.6. The zero-order chi connectivity index (χ0) is 21.3. The summed E-state index contributed by atoms with van der Waals surface area (Å²) in [5.74, 6) is -0.149. The van der Waals surface area contributed by atoms with E-state index in [4.69, 9.17) is 14.2 Å². The summed E-state index contributed by atoms with van der Waals surface area (Å²) < 4.78 is 15.6. The summed E-state index contributed by atoms with van der Waals surface area (Å²) in [7, 11) is 1.27. The van der Waals surface area contributed by atoms with Crippen LogP contribution in [0.15, 0.2) is 72.8 Å². The number of nitrogens with one attached hydrogen (secondary N) is 1.